The van der Waals surface area contributed by atoms with Gasteiger partial charge in [0.2, 0.25) is 5.96 Å². The number of guanidine groups is 1. The predicted molar refractivity (Wildman–Crippen MR) is 169 cm³/mol. The Balaban J connectivity index is 1.52. The molecule has 11 heteroatoms. The van der Waals surface area contributed by atoms with Crippen molar-refractivity contribution >= 4 is 18.1 Å². The molecule has 3 aromatic rings. The van der Waals surface area contributed by atoms with Crippen LogP contribution in [0.5, 0.6) is 11.5 Å². The van der Waals surface area contributed by atoms with Gasteiger partial charge >= 0.3 is 12.2 Å². The first-order chi connectivity index (χ1) is 20.6. The second-order valence-electron chi connectivity index (χ2n) is 13.2. The average molecular weight is 605 g/mol. The maximum Gasteiger partial charge on any atom is 0.437 e. The molecule has 0 unspecified atom stereocenters. The standard InChI is InChI=1S/C33H44N6O5/c1-21-17-22(2)19-27(18-21)42-26-12-10-11-24(20-26)28-23(3)36-37-39(28)25-13-15-38(16-14-25)29(34-30(40)43-32(4,5)6)35-31(41)44-33(7,8)9/h10-12,17-20,25H,13-16H2,1-9H3,(H,34,35,40,41). The van der Waals surface area contributed by atoms with Crippen LogP contribution in [-0.4, -0.2) is 62.3 Å². The number of nitrogens with one attached hydrogen (secondary N) is 1. The largest absolute Gasteiger partial charge is 0.457 e. The lowest BCUT2D eigenvalue weighted by Gasteiger charge is -2.34. The van der Waals surface area contributed by atoms with Gasteiger partial charge in [-0.3, -0.25) is 5.32 Å². The van der Waals surface area contributed by atoms with Crippen molar-refractivity contribution in [3.05, 3.63) is 59.3 Å². The van der Waals surface area contributed by atoms with Crippen LogP contribution in [0.15, 0.2) is 47.5 Å². The lowest BCUT2D eigenvalue weighted by atomic mass is 10.0. The molecule has 236 valence electrons. The third-order valence-corrected chi connectivity index (χ3v) is 6.71. The van der Waals surface area contributed by atoms with Crippen LogP contribution in [0.25, 0.3) is 11.3 Å². The van der Waals surface area contributed by atoms with Crippen molar-refractivity contribution in [2.45, 2.75) is 92.4 Å². The molecule has 2 heterocycles. The molecule has 1 aliphatic heterocycles. The SMILES string of the molecule is Cc1cc(C)cc(Oc2cccc(-c3c(C)nnn3C3CCN(/C(=N\C(=O)OC(C)(C)C)NC(=O)OC(C)(C)C)CC3)c2)c1. The van der Waals surface area contributed by atoms with Crippen LogP contribution in [-0.2, 0) is 9.47 Å². The van der Waals surface area contributed by atoms with E-state index >= 15 is 0 Å². The van der Waals surface area contributed by atoms with Crippen molar-refractivity contribution in [3.8, 4) is 22.8 Å². The van der Waals surface area contributed by atoms with Gasteiger partial charge in [0.25, 0.3) is 0 Å². The molecule has 0 radical (unpaired) electrons. The highest BCUT2D eigenvalue weighted by atomic mass is 16.6. The zero-order valence-electron chi connectivity index (χ0n) is 27.2. The Bertz CT molecular complexity index is 1500. The number of hydrogen-bond acceptors (Lipinski definition) is 7. The number of aryl methyl sites for hydroxylation is 3. The van der Waals surface area contributed by atoms with Crippen LogP contribution in [0.2, 0.25) is 0 Å². The molecular formula is C33H44N6O5. The number of hydrogen-bond donors (Lipinski definition) is 1. The molecule has 2 amide bonds. The zero-order chi connectivity index (χ0) is 32.2. The first-order valence-electron chi connectivity index (χ1n) is 14.9. The van der Waals surface area contributed by atoms with Gasteiger partial charge in [0, 0.05) is 18.7 Å². The number of ether oxygens (including phenoxy) is 3. The summed E-state index contributed by atoms with van der Waals surface area (Å²) < 4.78 is 19.0. The molecule has 1 saturated heterocycles. The summed E-state index contributed by atoms with van der Waals surface area (Å²) in [5.74, 6) is 1.61. The van der Waals surface area contributed by atoms with Gasteiger partial charge in [-0.25, -0.2) is 14.3 Å². The molecular weight excluding hydrogens is 560 g/mol. The summed E-state index contributed by atoms with van der Waals surface area (Å²) in [7, 11) is 0. The Morgan fingerprint density at radius 3 is 2.14 bits per heavy atom. The van der Waals surface area contributed by atoms with Crippen LogP contribution >= 0.6 is 0 Å². The van der Waals surface area contributed by atoms with Crippen molar-refractivity contribution in [2.24, 2.45) is 4.99 Å². The number of aromatic nitrogens is 3. The molecule has 44 heavy (non-hydrogen) atoms. The van der Waals surface area contributed by atoms with Crippen molar-refractivity contribution < 1.29 is 23.8 Å². The van der Waals surface area contributed by atoms with Gasteiger partial charge in [-0.05, 0) is 111 Å². The molecule has 0 bridgehead atoms. The highest BCUT2D eigenvalue weighted by Crippen LogP contribution is 2.33. The smallest absolute Gasteiger partial charge is 0.437 e. The van der Waals surface area contributed by atoms with E-state index in [1.807, 2.05) is 52.9 Å². The monoisotopic (exact) mass is 604 g/mol. The van der Waals surface area contributed by atoms with Crippen molar-refractivity contribution in [2.75, 3.05) is 13.1 Å². The summed E-state index contributed by atoms with van der Waals surface area (Å²) in [6.07, 6.45) is -0.127. The molecule has 1 aromatic heterocycles. The number of rotatable bonds is 4. The van der Waals surface area contributed by atoms with Gasteiger partial charge < -0.3 is 19.1 Å². The number of carbonyl (C=O) groups is 2. The summed E-state index contributed by atoms with van der Waals surface area (Å²) in [6, 6.07) is 14.1. The second-order valence-corrected chi connectivity index (χ2v) is 13.2. The molecule has 2 aromatic carbocycles. The van der Waals surface area contributed by atoms with Crippen LogP contribution < -0.4 is 10.1 Å². The van der Waals surface area contributed by atoms with E-state index in [1.54, 1.807) is 41.5 Å². The third kappa shape index (κ3) is 9.05. The minimum absolute atomic E-state index is 0.0377. The fourth-order valence-corrected chi connectivity index (χ4v) is 5.07. The quantitative estimate of drug-likeness (QED) is 0.247. The summed E-state index contributed by atoms with van der Waals surface area (Å²) in [4.78, 5) is 31.2. The molecule has 11 nitrogen and oxygen atoms in total. The molecule has 1 aliphatic rings. The second kappa shape index (κ2) is 13.1. The van der Waals surface area contributed by atoms with Gasteiger partial charge in [-0.1, -0.05) is 23.4 Å². The zero-order valence-corrected chi connectivity index (χ0v) is 27.2. The summed E-state index contributed by atoms with van der Waals surface area (Å²) in [6.45, 7) is 17.7. The van der Waals surface area contributed by atoms with E-state index < -0.39 is 23.4 Å². The van der Waals surface area contributed by atoms with E-state index in [0.717, 1.165) is 39.6 Å². The average Bonchev–Trinajstić information content (AvgIpc) is 3.27. The van der Waals surface area contributed by atoms with Crippen molar-refractivity contribution in [3.63, 3.8) is 0 Å². The fraction of sp³-hybridized carbons (Fsp3) is 0.485. The third-order valence-electron chi connectivity index (χ3n) is 6.71. The van der Waals surface area contributed by atoms with Gasteiger partial charge in [0.05, 0.1) is 17.4 Å². The van der Waals surface area contributed by atoms with Crippen LogP contribution in [0, 0.1) is 20.8 Å². The van der Waals surface area contributed by atoms with Crippen LogP contribution in [0.4, 0.5) is 9.59 Å². The van der Waals surface area contributed by atoms with E-state index in [1.165, 1.54) is 0 Å². The normalized spacial score (nSPS) is 14.8. The molecule has 0 saturated carbocycles. The Labute approximate surface area is 259 Å². The van der Waals surface area contributed by atoms with Gasteiger partial charge in [-0.2, -0.15) is 0 Å². The first kappa shape index (κ1) is 32.5. The van der Waals surface area contributed by atoms with Gasteiger partial charge in [0.1, 0.15) is 22.7 Å². The van der Waals surface area contributed by atoms with E-state index in [0.29, 0.717) is 25.9 Å². The highest BCUT2D eigenvalue weighted by Gasteiger charge is 2.29. The van der Waals surface area contributed by atoms with Crippen LogP contribution in [0.3, 0.4) is 0 Å². The first-order valence-corrected chi connectivity index (χ1v) is 14.9. The van der Waals surface area contributed by atoms with Gasteiger partial charge in [-0.15, -0.1) is 10.1 Å². The molecule has 0 aliphatic carbocycles. The van der Waals surface area contributed by atoms with E-state index in [-0.39, 0.29) is 12.0 Å². The molecule has 0 spiro atoms. The maximum absolute atomic E-state index is 12.6. The fourth-order valence-electron chi connectivity index (χ4n) is 5.07. The number of alkyl carbamates (subject to hydrolysis) is 1. The van der Waals surface area contributed by atoms with E-state index in [9.17, 15) is 9.59 Å². The summed E-state index contributed by atoms with van der Waals surface area (Å²) in [5, 5.41) is 11.6. The molecule has 1 N–H and O–H groups in total. The Morgan fingerprint density at radius 2 is 1.52 bits per heavy atom. The van der Waals surface area contributed by atoms with E-state index in [4.69, 9.17) is 14.2 Å². The number of piperidine rings is 1. The van der Waals surface area contributed by atoms with Crippen molar-refractivity contribution in [1.82, 2.24) is 25.2 Å². The van der Waals surface area contributed by atoms with E-state index in [2.05, 4.69) is 40.5 Å². The van der Waals surface area contributed by atoms with Crippen molar-refractivity contribution in [1.29, 1.82) is 0 Å². The predicted octanol–water partition coefficient (Wildman–Crippen LogP) is 7.12. The highest BCUT2D eigenvalue weighted by molar-refractivity contribution is 5.99. The Hall–Kier alpha value is -4.41. The summed E-state index contributed by atoms with van der Waals surface area (Å²) in [5.41, 5.74) is 3.53. The number of likely N-dealkylation sites (tertiary alicyclic amines) is 1. The minimum atomic E-state index is -0.789. The number of nitrogens with zero attached hydrogens (tertiary/aromatic N) is 5. The molecule has 4 rings (SSSR count). The maximum atomic E-state index is 12.6. The van der Waals surface area contributed by atoms with Crippen LogP contribution in [0.1, 0.15) is 77.2 Å². The minimum Gasteiger partial charge on any atom is -0.457 e. The Morgan fingerprint density at radius 1 is 0.886 bits per heavy atom. The lowest BCUT2D eigenvalue weighted by Crippen LogP contribution is -2.49. The molecule has 1 fully saturated rings. The number of carbonyl (C=O) groups excluding carboxylic acids is 2. The van der Waals surface area contributed by atoms with Gasteiger partial charge in [0.15, 0.2) is 0 Å². The number of amides is 2. The summed E-state index contributed by atoms with van der Waals surface area (Å²) >= 11 is 0. The Kier molecular flexibility index (Phi) is 9.66. The topological polar surface area (TPSA) is 120 Å². The molecule has 0 atom stereocenters. The number of benzene rings is 2. The number of aliphatic imine (C=N–C) groups is 1. The lowest BCUT2D eigenvalue weighted by molar-refractivity contribution is 0.0552.